The second kappa shape index (κ2) is 6.55. The van der Waals surface area contributed by atoms with Crippen LogP contribution in [0.2, 0.25) is 5.02 Å². The van der Waals surface area contributed by atoms with Crippen molar-refractivity contribution in [1.29, 1.82) is 0 Å². The lowest BCUT2D eigenvalue weighted by atomic mass is 10.0. The molecule has 116 valence electrons. The van der Waals surface area contributed by atoms with Gasteiger partial charge in [0.2, 0.25) is 0 Å². The Kier molecular flexibility index (Phi) is 4.72. The Morgan fingerprint density at radius 1 is 1.33 bits per heavy atom. The van der Waals surface area contributed by atoms with Crippen LogP contribution in [0, 0.1) is 0 Å². The van der Waals surface area contributed by atoms with E-state index in [0.29, 0.717) is 0 Å². The SMILES string of the molecule is CCC(N)Cc1c(Cl)cccc1N1CCN2CCCC2C1. The number of nitrogens with zero attached hydrogens (tertiary/aromatic N) is 2. The van der Waals surface area contributed by atoms with Crippen LogP contribution in [-0.2, 0) is 6.42 Å². The van der Waals surface area contributed by atoms with Crippen molar-refractivity contribution in [3.05, 3.63) is 28.8 Å². The first-order chi connectivity index (χ1) is 10.2. The van der Waals surface area contributed by atoms with Gasteiger partial charge >= 0.3 is 0 Å². The van der Waals surface area contributed by atoms with Crippen LogP contribution >= 0.6 is 11.6 Å². The first-order valence-electron chi connectivity index (χ1n) is 8.21. The van der Waals surface area contributed by atoms with Crippen LogP contribution in [0.5, 0.6) is 0 Å². The molecule has 0 saturated carbocycles. The fourth-order valence-electron chi connectivity index (χ4n) is 3.66. The Balaban J connectivity index is 1.82. The molecule has 4 heteroatoms. The predicted octanol–water partition coefficient (Wildman–Crippen LogP) is 2.90. The number of piperazine rings is 1. The van der Waals surface area contributed by atoms with Crippen molar-refractivity contribution >= 4 is 17.3 Å². The average Bonchev–Trinajstić information content (AvgIpc) is 2.96. The molecule has 0 amide bonds. The summed E-state index contributed by atoms with van der Waals surface area (Å²) in [6, 6.07) is 7.20. The van der Waals surface area contributed by atoms with Crippen LogP contribution in [0.4, 0.5) is 5.69 Å². The zero-order chi connectivity index (χ0) is 14.8. The largest absolute Gasteiger partial charge is 0.368 e. The van der Waals surface area contributed by atoms with Gasteiger partial charge in [-0.15, -0.1) is 0 Å². The zero-order valence-corrected chi connectivity index (χ0v) is 13.6. The molecule has 0 aliphatic carbocycles. The zero-order valence-electron chi connectivity index (χ0n) is 12.9. The van der Waals surface area contributed by atoms with E-state index >= 15 is 0 Å². The third kappa shape index (κ3) is 3.20. The molecule has 2 aliphatic heterocycles. The Bertz CT molecular complexity index is 491. The Hall–Kier alpha value is -0.770. The van der Waals surface area contributed by atoms with Crippen molar-refractivity contribution in [3.63, 3.8) is 0 Å². The number of hydrogen-bond acceptors (Lipinski definition) is 3. The van der Waals surface area contributed by atoms with Crippen LogP contribution in [0.1, 0.15) is 31.7 Å². The molecule has 2 N–H and O–H groups in total. The summed E-state index contributed by atoms with van der Waals surface area (Å²) in [7, 11) is 0. The lowest BCUT2D eigenvalue weighted by Gasteiger charge is -2.40. The Morgan fingerprint density at radius 3 is 3.00 bits per heavy atom. The summed E-state index contributed by atoms with van der Waals surface area (Å²) in [5.41, 5.74) is 8.71. The highest BCUT2D eigenvalue weighted by Crippen LogP contribution is 2.32. The van der Waals surface area contributed by atoms with Gasteiger partial charge in [0.25, 0.3) is 0 Å². The predicted molar refractivity (Wildman–Crippen MR) is 90.2 cm³/mol. The maximum Gasteiger partial charge on any atom is 0.0459 e. The fraction of sp³-hybridized carbons (Fsp3) is 0.647. The highest BCUT2D eigenvalue weighted by molar-refractivity contribution is 6.31. The van der Waals surface area contributed by atoms with E-state index in [2.05, 4.69) is 28.9 Å². The maximum atomic E-state index is 6.47. The van der Waals surface area contributed by atoms with E-state index in [1.807, 2.05) is 6.07 Å². The monoisotopic (exact) mass is 307 g/mol. The van der Waals surface area contributed by atoms with Crippen molar-refractivity contribution in [2.24, 2.45) is 5.73 Å². The van der Waals surface area contributed by atoms with Crippen molar-refractivity contribution < 1.29 is 0 Å². The van der Waals surface area contributed by atoms with E-state index < -0.39 is 0 Å². The van der Waals surface area contributed by atoms with Gasteiger partial charge in [0, 0.05) is 42.4 Å². The number of hydrogen-bond donors (Lipinski definition) is 1. The first-order valence-corrected chi connectivity index (χ1v) is 8.58. The summed E-state index contributed by atoms with van der Waals surface area (Å²) >= 11 is 6.47. The van der Waals surface area contributed by atoms with Gasteiger partial charge in [-0.1, -0.05) is 24.6 Å². The highest BCUT2D eigenvalue weighted by atomic mass is 35.5. The molecule has 1 aromatic rings. The summed E-state index contributed by atoms with van der Waals surface area (Å²) in [5.74, 6) is 0. The van der Waals surface area contributed by atoms with E-state index in [-0.39, 0.29) is 6.04 Å². The van der Waals surface area contributed by atoms with Gasteiger partial charge in [0.1, 0.15) is 0 Å². The molecule has 0 bridgehead atoms. The molecular weight excluding hydrogens is 282 g/mol. The lowest BCUT2D eigenvalue weighted by Crippen LogP contribution is -2.50. The standard InChI is InChI=1S/C17H26ClN3/c1-2-13(19)11-15-16(18)6-3-7-17(15)21-10-9-20-8-4-5-14(20)12-21/h3,6-7,13-14H,2,4-5,8-12,19H2,1H3. The van der Waals surface area contributed by atoms with E-state index in [4.69, 9.17) is 17.3 Å². The summed E-state index contributed by atoms with van der Waals surface area (Å²) in [6.07, 6.45) is 4.54. The van der Waals surface area contributed by atoms with Gasteiger partial charge in [0.05, 0.1) is 0 Å². The van der Waals surface area contributed by atoms with Crippen LogP contribution in [0.25, 0.3) is 0 Å². The second-order valence-electron chi connectivity index (χ2n) is 6.39. The van der Waals surface area contributed by atoms with Crippen molar-refractivity contribution in [1.82, 2.24) is 4.90 Å². The molecule has 2 heterocycles. The fourth-order valence-corrected chi connectivity index (χ4v) is 3.91. The molecule has 2 atom stereocenters. The van der Waals surface area contributed by atoms with E-state index in [1.165, 1.54) is 37.2 Å². The van der Waals surface area contributed by atoms with Gasteiger partial charge in [-0.05, 0) is 49.9 Å². The summed E-state index contributed by atoms with van der Waals surface area (Å²) in [6.45, 7) is 6.83. The first kappa shape index (κ1) is 15.1. The molecule has 2 fully saturated rings. The molecule has 3 rings (SSSR count). The molecule has 3 nitrogen and oxygen atoms in total. The van der Waals surface area contributed by atoms with E-state index in [0.717, 1.165) is 37.0 Å². The van der Waals surface area contributed by atoms with E-state index in [9.17, 15) is 0 Å². The van der Waals surface area contributed by atoms with E-state index in [1.54, 1.807) is 0 Å². The summed E-state index contributed by atoms with van der Waals surface area (Å²) in [5, 5.41) is 0.866. The van der Waals surface area contributed by atoms with Gasteiger partial charge in [-0.2, -0.15) is 0 Å². The molecule has 0 spiro atoms. The lowest BCUT2D eigenvalue weighted by molar-refractivity contribution is 0.231. The third-order valence-electron chi connectivity index (χ3n) is 5.01. The Morgan fingerprint density at radius 2 is 2.19 bits per heavy atom. The van der Waals surface area contributed by atoms with Crippen LogP contribution < -0.4 is 10.6 Å². The molecule has 0 radical (unpaired) electrons. The number of rotatable bonds is 4. The number of nitrogens with two attached hydrogens (primary N) is 1. The normalized spacial score (nSPS) is 24.1. The molecule has 1 aromatic carbocycles. The van der Waals surface area contributed by atoms with Crippen molar-refractivity contribution in [2.45, 2.75) is 44.7 Å². The third-order valence-corrected chi connectivity index (χ3v) is 5.37. The number of halogens is 1. The molecular formula is C17H26ClN3. The number of anilines is 1. The minimum absolute atomic E-state index is 0.191. The van der Waals surface area contributed by atoms with Crippen LogP contribution in [0.15, 0.2) is 18.2 Å². The smallest absolute Gasteiger partial charge is 0.0459 e. The molecule has 2 unspecified atom stereocenters. The number of fused-ring (bicyclic) bond motifs is 1. The van der Waals surface area contributed by atoms with Gasteiger partial charge < -0.3 is 10.6 Å². The quantitative estimate of drug-likeness (QED) is 0.928. The molecule has 0 aromatic heterocycles. The van der Waals surface area contributed by atoms with Gasteiger partial charge in [-0.25, -0.2) is 0 Å². The average molecular weight is 308 g/mol. The molecule has 2 saturated heterocycles. The number of benzene rings is 1. The topological polar surface area (TPSA) is 32.5 Å². The van der Waals surface area contributed by atoms with Gasteiger partial charge in [0.15, 0.2) is 0 Å². The van der Waals surface area contributed by atoms with Crippen LogP contribution in [-0.4, -0.2) is 43.2 Å². The molecule has 2 aliphatic rings. The van der Waals surface area contributed by atoms with Gasteiger partial charge in [-0.3, -0.25) is 4.90 Å². The maximum absolute atomic E-state index is 6.47. The van der Waals surface area contributed by atoms with Crippen molar-refractivity contribution in [2.75, 3.05) is 31.1 Å². The van der Waals surface area contributed by atoms with Crippen molar-refractivity contribution in [3.8, 4) is 0 Å². The summed E-state index contributed by atoms with van der Waals surface area (Å²) < 4.78 is 0. The summed E-state index contributed by atoms with van der Waals surface area (Å²) in [4.78, 5) is 5.16. The minimum atomic E-state index is 0.191. The Labute approximate surface area is 133 Å². The highest BCUT2D eigenvalue weighted by Gasteiger charge is 2.31. The molecule has 21 heavy (non-hydrogen) atoms. The second-order valence-corrected chi connectivity index (χ2v) is 6.80. The minimum Gasteiger partial charge on any atom is -0.368 e. The van der Waals surface area contributed by atoms with Crippen LogP contribution in [0.3, 0.4) is 0 Å².